The normalized spacial score (nSPS) is 11.4. The third-order valence-electron chi connectivity index (χ3n) is 2.05. The molecule has 0 fully saturated rings. The zero-order valence-corrected chi connectivity index (χ0v) is 9.11. The van der Waals surface area contributed by atoms with Crippen molar-refractivity contribution in [2.75, 3.05) is 7.11 Å². The summed E-state index contributed by atoms with van der Waals surface area (Å²) in [4.78, 5) is 0. The van der Waals surface area contributed by atoms with E-state index in [4.69, 9.17) is 4.52 Å². The van der Waals surface area contributed by atoms with E-state index in [1.807, 2.05) is 36.4 Å². The quantitative estimate of drug-likeness (QED) is 0.744. The topological polar surface area (TPSA) is 35.5 Å². The molecule has 2 rings (SSSR count). The Kier molecular flexibility index (Phi) is 2.95. The number of fused-ring (bicyclic) bond motifs is 1. The molecule has 1 atom stereocenters. The fraction of sp³-hybridized carbons (Fsp3) is 0.0909. The van der Waals surface area contributed by atoms with Crippen molar-refractivity contribution in [1.29, 1.82) is 0 Å². The third-order valence-corrected chi connectivity index (χ3v) is 2.71. The van der Waals surface area contributed by atoms with Crippen molar-refractivity contribution >= 4 is 19.0 Å². The van der Waals surface area contributed by atoms with Gasteiger partial charge in [0.2, 0.25) is 0 Å². The number of benzene rings is 2. The molecule has 0 aliphatic rings. The Morgan fingerprint density at radius 2 is 1.80 bits per heavy atom. The molecule has 4 heteroatoms. The Morgan fingerprint density at radius 1 is 1.07 bits per heavy atom. The van der Waals surface area contributed by atoms with Gasteiger partial charge in [0.15, 0.2) is 5.75 Å². The minimum Gasteiger partial charge on any atom is -0.229 e. The summed E-state index contributed by atoms with van der Waals surface area (Å²) in [5, 5.41) is 2.17. The molecule has 0 aliphatic carbocycles. The lowest BCUT2D eigenvalue weighted by Gasteiger charge is -1.97. The average molecular weight is 221 g/mol. The molecule has 0 saturated heterocycles. The summed E-state index contributed by atoms with van der Waals surface area (Å²) >= 11 is 0. The fourth-order valence-electron chi connectivity index (χ4n) is 1.35. The van der Waals surface area contributed by atoms with Crippen molar-refractivity contribution in [3.8, 4) is 5.75 Å². The van der Waals surface area contributed by atoms with Gasteiger partial charge in [0.05, 0.1) is 7.11 Å². The summed E-state index contributed by atoms with van der Waals surface area (Å²) in [5.74, 6) is 0.552. The lowest BCUT2D eigenvalue weighted by atomic mass is 10.1. The number of rotatable bonds is 3. The van der Waals surface area contributed by atoms with Crippen LogP contribution in [0.25, 0.3) is 10.8 Å². The van der Waals surface area contributed by atoms with Crippen molar-refractivity contribution in [2.45, 2.75) is 0 Å². The summed E-state index contributed by atoms with van der Waals surface area (Å²) < 4.78 is 20.6. The van der Waals surface area contributed by atoms with E-state index in [2.05, 4.69) is 4.52 Å². The van der Waals surface area contributed by atoms with Gasteiger partial charge in [-0.3, -0.25) is 0 Å². The van der Waals surface area contributed by atoms with Gasteiger partial charge in [-0.05, 0) is 22.9 Å². The van der Waals surface area contributed by atoms with Gasteiger partial charge in [-0.2, -0.15) is 0 Å². The molecule has 0 saturated carbocycles. The van der Waals surface area contributed by atoms with Crippen LogP contribution in [0.1, 0.15) is 0 Å². The van der Waals surface area contributed by atoms with E-state index in [9.17, 15) is 4.57 Å². The van der Waals surface area contributed by atoms with E-state index >= 15 is 0 Å². The maximum absolute atomic E-state index is 11.0. The molecule has 2 aromatic rings. The van der Waals surface area contributed by atoms with E-state index < -0.39 is 8.25 Å². The van der Waals surface area contributed by atoms with Crippen LogP contribution in [-0.4, -0.2) is 7.11 Å². The van der Waals surface area contributed by atoms with Gasteiger partial charge >= 0.3 is 8.25 Å². The van der Waals surface area contributed by atoms with Gasteiger partial charge in [0.25, 0.3) is 0 Å². The molecule has 15 heavy (non-hydrogen) atoms. The van der Waals surface area contributed by atoms with Gasteiger partial charge in [-0.25, -0.2) is 4.52 Å². The highest BCUT2D eigenvalue weighted by atomic mass is 31.1. The average Bonchev–Trinajstić information content (AvgIpc) is 2.29. The Balaban J connectivity index is 2.34. The number of hydrogen-bond acceptors (Lipinski definition) is 3. The first kappa shape index (κ1) is 10.1. The molecular weight excluding hydrogens is 211 g/mol. The van der Waals surface area contributed by atoms with Crippen LogP contribution in [0.5, 0.6) is 5.75 Å². The Bertz CT molecular complexity index is 496. The maximum Gasteiger partial charge on any atom is 0.749 e. The minimum atomic E-state index is -2.06. The molecule has 0 spiro atoms. The van der Waals surface area contributed by atoms with Crippen molar-refractivity contribution in [3.63, 3.8) is 0 Å². The van der Waals surface area contributed by atoms with Crippen LogP contribution in [0.4, 0.5) is 0 Å². The summed E-state index contributed by atoms with van der Waals surface area (Å²) in [6, 6.07) is 13.4. The lowest BCUT2D eigenvalue weighted by molar-refractivity contribution is 0.349. The van der Waals surface area contributed by atoms with E-state index in [0.29, 0.717) is 5.75 Å². The molecule has 0 aliphatic heterocycles. The lowest BCUT2D eigenvalue weighted by Crippen LogP contribution is -1.82. The molecule has 0 bridgehead atoms. The SMILES string of the molecule is CO[P+](=O)Oc1ccc2ccccc2c1. The summed E-state index contributed by atoms with van der Waals surface area (Å²) in [5.41, 5.74) is 0. The van der Waals surface area contributed by atoms with Gasteiger partial charge in [0, 0.05) is 4.57 Å². The second-order valence-electron chi connectivity index (χ2n) is 3.01. The first-order chi connectivity index (χ1) is 7.29. The van der Waals surface area contributed by atoms with Crippen LogP contribution in [0.2, 0.25) is 0 Å². The fourth-order valence-corrected chi connectivity index (χ4v) is 1.71. The standard InChI is InChI=1S/C11H10O3P/c1-13-15(12)14-11-7-6-9-4-2-3-5-10(9)8-11/h2-8H,1H3/q+1. The maximum atomic E-state index is 11.0. The smallest absolute Gasteiger partial charge is 0.229 e. The zero-order valence-electron chi connectivity index (χ0n) is 8.21. The second kappa shape index (κ2) is 4.39. The Labute approximate surface area is 88.6 Å². The highest BCUT2D eigenvalue weighted by molar-refractivity contribution is 7.33. The van der Waals surface area contributed by atoms with Crippen LogP contribution in [0.3, 0.4) is 0 Å². The first-order valence-electron chi connectivity index (χ1n) is 4.48. The number of hydrogen-bond donors (Lipinski definition) is 0. The molecule has 0 radical (unpaired) electrons. The first-order valence-corrected chi connectivity index (χ1v) is 5.57. The zero-order chi connectivity index (χ0) is 10.7. The van der Waals surface area contributed by atoms with Gasteiger partial charge in [-0.1, -0.05) is 30.3 Å². The van der Waals surface area contributed by atoms with Crippen molar-refractivity contribution in [1.82, 2.24) is 0 Å². The van der Waals surface area contributed by atoms with Crippen molar-refractivity contribution in [3.05, 3.63) is 42.5 Å². The van der Waals surface area contributed by atoms with Crippen molar-refractivity contribution < 1.29 is 13.6 Å². The third kappa shape index (κ3) is 2.32. The summed E-state index contributed by atoms with van der Waals surface area (Å²) in [6.07, 6.45) is 0. The Hall–Kier alpha value is -1.44. The predicted octanol–water partition coefficient (Wildman–Crippen LogP) is 3.52. The molecule has 0 aromatic heterocycles. The molecule has 2 aromatic carbocycles. The van der Waals surface area contributed by atoms with E-state index in [-0.39, 0.29) is 0 Å². The Morgan fingerprint density at radius 3 is 2.53 bits per heavy atom. The molecule has 0 N–H and O–H groups in total. The molecule has 3 nitrogen and oxygen atoms in total. The highest BCUT2D eigenvalue weighted by Crippen LogP contribution is 2.29. The molecule has 1 unspecified atom stereocenters. The molecular formula is C11H10O3P+. The van der Waals surface area contributed by atoms with Gasteiger partial charge in [-0.15, -0.1) is 4.52 Å². The monoisotopic (exact) mass is 221 g/mol. The minimum absolute atomic E-state index is 0.552. The van der Waals surface area contributed by atoms with Crippen LogP contribution >= 0.6 is 8.25 Å². The molecule has 76 valence electrons. The van der Waals surface area contributed by atoms with Crippen molar-refractivity contribution in [2.24, 2.45) is 0 Å². The van der Waals surface area contributed by atoms with Crippen LogP contribution in [0, 0.1) is 0 Å². The molecule has 0 amide bonds. The summed E-state index contributed by atoms with van der Waals surface area (Å²) in [6.45, 7) is 0. The van der Waals surface area contributed by atoms with Gasteiger partial charge < -0.3 is 0 Å². The predicted molar refractivity (Wildman–Crippen MR) is 59.2 cm³/mol. The van der Waals surface area contributed by atoms with E-state index in [1.54, 1.807) is 6.07 Å². The van der Waals surface area contributed by atoms with Gasteiger partial charge in [0.1, 0.15) is 0 Å². The van der Waals surface area contributed by atoms with E-state index in [1.165, 1.54) is 7.11 Å². The van der Waals surface area contributed by atoms with E-state index in [0.717, 1.165) is 10.8 Å². The van der Waals surface area contributed by atoms with Crippen LogP contribution < -0.4 is 4.52 Å². The van der Waals surface area contributed by atoms with Crippen LogP contribution in [-0.2, 0) is 9.09 Å². The summed E-state index contributed by atoms with van der Waals surface area (Å²) in [7, 11) is -0.713. The van der Waals surface area contributed by atoms with Crippen LogP contribution in [0.15, 0.2) is 42.5 Å². The molecule has 0 heterocycles. The highest BCUT2D eigenvalue weighted by Gasteiger charge is 2.18. The largest absolute Gasteiger partial charge is 0.749 e. The second-order valence-corrected chi connectivity index (χ2v) is 4.00.